The minimum absolute atomic E-state index is 0.0468. The first-order valence-corrected chi connectivity index (χ1v) is 12.2. The van der Waals surface area contributed by atoms with Gasteiger partial charge >= 0.3 is 6.09 Å². The molecule has 2 aliphatic heterocycles. The molecule has 36 heavy (non-hydrogen) atoms. The number of hydrogen-bond acceptors (Lipinski definition) is 3. The first-order chi connectivity index (χ1) is 17.4. The van der Waals surface area contributed by atoms with E-state index in [9.17, 15) is 22.8 Å². The number of halogens is 3. The summed E-state index contributed by atoms with van der Waals surface area (Å²) in [6.45, 7) is 0.214. The van der Waals surface area contributed by atoms with Gasteiger partial charge in [-0.25, -0.2) is 18.0 Å². The van der Waals surface area contributed by atoms with Crippen LogP contribution >= 0.6 is 0 Å². The Bertz CT molecular complexity index is 1310. The zero-order valence-corrected chi connectivity index (χ0v) is 19.4. The van der Waals surface area contributed by atoms with Gasteiger partial charge in [0.05, 0.1) is 5.56 Å². The molecule has 1 amide bonds. The largest absolute Gasteiger partial charge is 0.448 e. The molecule has 0 radical (unpaired) electrons. The van der Waals surface area contributed by atoms with Crippen molar-refractivity contribution in [3.05, 3.63) is 94.8 Å². The van der Waals surface area contributed by atoms with Crippen LogP contribution in [0.4, 0.5) is 18.0 Å². The fourth-order valence-electron chi connectivity index (χ4n) is 6.29. The minimum atomic E-state index is -1.32. The second kappa shape index (κ2) is 8.80. The summed E-state index contributed by atoms with van der Waals surface area (Å²) in [7, 11) is 0. The third-order valence-electron chi connectivity index (χ3n) is 7.93. The van der Waals surface area contributed by atoms with Gasteiger partial charge < -0.3 is 9.64 Å². The smallest absolute Gasteiger partial charge is 0.410 e. The molecule has 0 N–H and O–H groups in total. The quantitative estimate of drug-likeness (QED) is 0.310. The van der Waals surface area contributed by atoms with E-state index in [1.165, 1.54) is 0 Å². The van der Waals surface area contributed by atoms with Gasteiger partial charge in [0.25, 0.3) is 0 Å². The van der Waals surface area contributed by atoms with Crippen molar-refractivity contribution in [3.8, 4) is 11.1 Å². The molecule has 4 nitrogen and oxygen atoms in total. The van der Waals surface area contributed by atoms with E-state index in [1.54, 1.807) is 4.90 Å². The number of fused-ring (bicyclic) bond motifs is 5. The molecule has 6 rings (SSSR count). The second-order valence-electron chi connectivity index (χ2n) is 9.88. The lowest BCUT2D eigenvalue weighted by Crippen LogP contribution is -2.48. The van der Waals surface area contributed by atoms with Gasteiger partial charge in [-0.1, -0.05) is 48.5 Å². The van der Waals surface area contributed by atoms with Crippen LogP contribution in [0.3, 0.4) is 0 Å². The van der Waals surface area contributed by atoms with Crippen LogP contribution in [0.5, 0.6) is 0 Å². The molecule has 3 aromatic carbocycles. The molecular formula is C29H24F3NO3. The molecule has 2 saturated heterocycles. The summed E-state index contributed by atoms with van der Waals surface area (Å²) in [4.78, 5) is 27.9. The van der Waals surface area contributed by atoms with E-state index in [4.69, 9.17) is 4.74 Å². The van der Waals surface area contributed by atoms with Crippen molar-refractivity contribution in [2.24, 2.45) is 5.92 Å². The Morgan fingerprint density at radius 3 is 1.97 bits per heavy atom. The van der Waals surface area contributed by atoms with E-state index < -0.39 is 40.8 Å². The first-order valence-electron chi connectivity index (χ1n) is 12.2. The summed E-state index contributed by atoms with van der Waals surface area (Å²) in [6.07, 6.45) is 1.72. The zero-order valence-electron chi connectivity index (χ0n) is 19.4. The monoisotopic (exact) mass is 491 g/mol. The molecule has 2 atom stereocenters. The fourth-order valence-corrected chi connectivity index (χ4v) is 6.29. The highest BCUT2D eigenvalue weighted by Gasteiger charge is 2.46. The summed E-state index contributed by atoms with van der Waals surface area (Å²) in [5.41, 5.74) is 4.13. The Morgan fingerprint density at radius 1 is 0.806 bits per heavy atom. The topological polar surface area (TPSA) is 46.6 Å². The molecule has 2 bridgehead atoms. The number of hydrogen-bond donors (Lipinski definition) is 0. The third kappa shape index (κ3) is 3.69. The van der Waals surface area contributed by atoms with Crippen molar-refractivity contribution in [3.63, 3.8) is 0 Å². The molecule has 0 aromatic heterocycles. The molecule has 3 aromatic rings. The third-order valence-corrected chi connectivity index (χ3v) is 7.93. The van der Waals surface area contributed by atoms with E-state index in [0.717, 1.165) is 35.1 Å². The van der Waals surface area contributed by atoms with Crippen LogP contribution in [0.25, 0.3) is 11.1 Å². The lowest BCUT2D eigenvalue weighted by molar-refractivity contribution is 0.0504. The van der Waals surface area contributed by atoms with E-state index >= 15 is 0 Å². The lowest BCUT2D eigenvalue weighted by atomic mass is 9.84. The fraction of sp³-hybridized carbons (Fsp3) is 0.310. The Labute approximate surface area is 206 Å². The Hall–Kier alpha value is -3.61. The number of carbonyl (C=O) groups excluding carboxylic acids is 2. The van der Waals surface area contributed by atoms with E-state index in [1.807, 2.05) is 24.3 Å². The minimum Gasteiger partial charge on any atom is -0.448 e. The normalized spacial score (nSPS) is 22.3. The van der Waals surface area contributed by atoms with Crippen LogP contribution in [0.1, 0.15) is 53.1 Å². The molecule has 0 spiro atoms. The van der Waals surface area contributed by atoms with E-state index in [0.29, 0.717) is 25.0 Å². The number of nitrogens with zero attached hydrogens (tertiary/aromatic N) is 1. The van der Waals surface area contributed by atoms with Gasteiger partial charge in [-0.3, -0.25) is 4.79 Å². The van der Waals surface area contributed by atoms with Crippen LogP contribution in [0.15, 0.2) is 60.7 Å². The Balaban J connectivity index is 1.15. The van der Waals surface area contributed by atoms with Crippen molar-refractivity contribution < 1.29 is 27.5 Å². The van der Waals surface area contributed by atoms with Crippen molar-refractivity contribution in [2.45, 2.75) is 43.7 Å². The molecule has 2 unspecified atom stereocenters. The van der Waals surface area contributed by atoms with Crippen LogP contribution in [-0.4, -0.2) is 35.5 Å². The van der Waals surface area contributed by atoms with Crippen molar-refractivity contribution in [1.29, 1.82) is 0 Å². The number of ketones is 1. The van der Waals surface area contributed by atoms with Crippen molar-refractivity contribution in [1.82, 2.24) is 4.90 Å². The average Bonchev–Trinajstić information content (AvgIpc) is 3.35. The summed E-state index contributed by atoms with van der Waals surface area (Å²) in [6, 6.07) is 16.9. The number of ether oxygens (including phenoxy) is 1. The number of piperidine rings is 1. The first kappa shape index (κ1) is 22.8. The van der Waals surface area contributed by atoms with Gasteiger partial charge in [0.2, 0.25) is 0 Å². The number of Topliss-reactive ketones (excluding diaryl/α,β-unsaturated/α-hetero) is 1. The highest BCUT2D eigenvalue weighted by Crippen LogP contribution is 2.45. The number of rotatable bonds is 4. The van der Waals surface area contributed by atoms with E-state index in [-0.39, 0.29) is 24.6 Å². The van der Waals surface area contributed by atoms with Gasteiger partial charge in [-0.05, 0) is 54.0 Å². The standard InChI is InChI=1S/C29H24F3NO3/c30-25-14-27(32)26(31)13-23(25)28(34)16-11-17-9-10-18(12-16)33(17)29(35)36-15-24-21-7-3-1-5-19(21)20-6-2-4-8-22(20)24/h1-8,13-14,16-18,24H,9-12,15H2. The van der Waals surface area contributed by atoms with Crippen LogP contribution in [0, 0.1) is 23.4 Å². The SMILES string of the molecule is O=C(c1cc(F)c(F)cc1F)C1CC2CCC(C1)N2C(=O)OCC1c2ccccc2-c2ccccc21. The summed E-state index contributed by atoms with van der Waals surface area (Å²) in [5.74, 6) is -4.79. The maximum atomic E-state index is 14.2. The number of carbonyl (C=O) groups is 2. The Morgan fingerprint density at radius 2 is 1.36 bits per heavy atom. The molecular weight excluding hydrogens is 467 g/mol. The van der Waals surface area contributed by atoms with Gasteiger partial charge in [-0.15, -0.1) is 0 Å². The molecule has 7 heteroatoms. The van der Waals surface area contributed by atoms with Crippen LogP contribution in [0.2, 0.25) is 0 Å². The second-order valence-corrected chi connectivity index (χ2v) is 9.88. The summed E-state index contributed by atoms with van der Waals surface area (Å²) >= 11 is 0. The van der Waals surface area contributed by atoms with E-state index in [2.05, 4.69) is 24.3 Å². The van der Waals surface area contributed by atoms with Gasteiger partial charge in [0.15, 0.2) is 17.4 Å². The molecule has 1 aliphatic carbocycles. The van der Waals surface area contributed by atoms with Crippen molar-refractivity contribution >= 4 is 11.9 Å². The number of benzene rings is 3. The zero-order chi connectivity index (χ0) is 25.0. The molecule has 2 fully saturated rings. The highest BCUT2D eigenvalue weighted by atomic mass is 19.2. The summed E-state index contributed by atoms with van der Waals surface area (Å²) < 4.78 is 47.0. The molecule has 0 saturated carbocycles. The van der Waals surface area contributed by atoms with Gasteiger partial charge in [0, 0.05) is 30.0 Å². The number of amides is 1. The molecule has 184 valence electrons. The predicted octanol–water partition coefficient (Wildman–Crippen LogP) is 6.48. The molecule has 2 heterocycles. The maximum Gasteiger partial charge on any atom is 0.410 e. The maximum absolute atomic E-state index is 14.2. The van der Waals surface area contributed by atoms with Gasteiger partial charge in [-0.2, -0.15) is 0 Å². The van der Waals surface area contributed by atoms with Crippen LogP contribution < -0.4 is 0 Å². The Kier molecular flexibility index (Phi) is 5.58. The highest BCUT2D eigenvalue weighted by molar-refractivity contribution is 5.98. The lowest BCUT2D eigenvalue weighted by Gasteiger charge is -2.37. The molecule has 3 aliphatic rings. The predicted molar refractivity (Wildman–Crippen MR) is 127 cm³/mol. The van der Waals surface area contributed by atoms with Gasteiger partial charge in [0.1, 0.15) is 12.4 Å². The summed E-state index contributed by atoms with van der Waals surface area (Å²) in [5, 5.41) is 0. The van der Waals surface area contributed by atoms with Crippen LogP contribution in [-0.2, 0) is 4.74 Å². The average molecular weight is 492 g/mol. The van der Waals surface area contributed by atoms with Crippen molar-refractivity contribution in [2.75, 3.05) is 6.61 Å².